The Morgan fingerprint density at radius 2 is 1.76 bits per heavy atom. The average Bonchev–Trinajstić information content (AvgIpc) is 2.53. The highest BCUT2D eigenvalue weighted by Crippen LogP contribution is 2.19. The minimum absolute atomic E-state index is 0.0597. The van der Waals surface area contributed by atoms with Crippen LogP contribution in [0.3, 0.4) is 0 Å². The van der Waals surface area contributed by atoms with E-state index in [4.69, 9.17) is 5.73 Å². The van der Waals surface area contributed by atoms with Gasteiger partial charge in [-0.3, -0.25) is 14.4 Å². The molecule has 1 aromatic rings. The highest BCUT2D eigenvalue weighted by molar-refractivity contribution is 8.00. The summed E-state index contributed by atoms with van der Waals surface area (Å²) in [6.07, 6.45) is 0.816. The molecule has 0 bridgehead atoms. The molecule has 7 heteroatoms. The fourth-order valence-electron chi connectivity index (χ4n) is 2.03. The van der Waals surface area contributed by atoms with E-state index in [2.05, 4.69) is 0 Å². The number of thioether (sulfide) groups is 1. The molecule has 0 spiro atoms. The normalized spacial score (nSPS) is 14.9. The molecule has 112 valence electrons. The minimum Gasteiger partial charge on any atom is -0.366 e. The Kier molecular flexibility index (Phi) is 5.21. The maximum absolute atomic E-state index is 12.1. The SMILES string of the molecule is NC(=O)c1ccc(SCC(=O)N2CCN(C=O)CC2)cc1. The standard InChI is InChI=1S/C14H17N3O3S/c15-14(20)11-1-3-12(4-2-11)21-9-13(19)17-7-5-16(10-18)6-8-17/h1-4,10H,5-9H2,(H2,15,20). The Hall–Kier alpha value is -2.02. The maximum Gasteiger partial charge on any atom is 0.248 e. The lowest BCUT2D eigenvalue weighted by Gasteiger charge is -2.32. The van der Waals surface area contributed by atoms with E-state index in [1.807, 2.05) is 0 Å². The topological polar surface area (TPSA) is 83.7 Å². The Balaban J connectivity index is 1.81. The first kappa shape index (κ1) is 15.4. The first-order valence-corrected chi connectivity index (χ1v) is 7.58. The van der Waals surface area contributed by atoms with Crippen molar-refractivity contribution in [3.05, 3.63) is 29.8 Å². The molecule has 1 aromatic carbocycles. The van der Waals surface area contributed by atoms with E-state index in [0.717, 1.165) is 11.3 Å². The third-order valence-corrected chi connectivity index (χ3v) is 4.31. The number of piperazine rings is 1. The zero-order chi connectivity index (χ0) is 15.2. The van der Waals surface area contributed by atoms with Crippen LogP contribution < -0.4 is 5.73 Å². The van der Waals surface area contributed by atoms with Crippen molar-refractivity contribution in [2.45, 2.75) is 4.90 Å². The highest BCUT2D eigenvalue weighted by Gasteiger charge is 2.19. The van der Waals surface area contributed by atoms with Crippen molar-refractivity contribution in [1.29, 1.82) is 0 Å². The molecule has 2 rings (SSSR count). The molecular formula is C14H17N3O3S. The van der Waals surface area contributed by atoms with Gasteiger partial charge in [0.05, 0.1) is 5.75 Å². The molecule has 0 aliphatic carbocycles. The van der Waals surface area contributed by atoms with Crippen LogP contribution in [-0.2, 0) is 9.59 Å². The van der Waals surface area contributed by atoms with Crippen LogP contribution in [0.1, 0.15) is 10.4 Å². The molecule has 3 amide bonds. The summed E-state index contributed by atoms with van der Waals surface area (Å²) in [7, 11) is 0. The van der Waals surface area contributed by atoms with Crippen molar-refractivity contribution in [3.8, 4) is 0 Å². The lowest BCUT2D eigenvalue weighted by molar-refractivity contribution is -0.132. The second-order valence-corrected chi connectivity index (χ2v) is 5.75. The second-order valence-electron chi connectivity index (χ2n) is 4.70. The lowest BCUT2D eigenvalue weighted by atomic mass is 10.2. The largest absolute Gasteiger partial charge is 0.366 e. The third kappa shape index (κ3) is 4.22. The van der Waals surface area contributed by atoms with Gasteiger partial charge in [-0.25, -0.2) is 0 Å². The number of hydrogen-bond donors (Lipinski definition) is 1. The molecule has 0 radical (unpaired) electrons. The first-order chi connectivity index (χ1) is 10.1. The maximum atomic E-state index is 12.1. The summed E-state index contributed by atoms with van der Waals surface area (Å²) < 4.78 is 0. The van der Waals surface area contributed by atoms with Gasteiger partial charge in [0.25, 0.3) is 0 Å². The van der Waals surface area contributed by atoms with Gasteiger partial charge in [0.1, 0.15) is 0 Å². The van der Waals surface area contributed by atoms with Gasteiger partial charge in [-0.1, -0.05) is 0 Å². The number of nitrogens with zero attached hydrogens (tertiary/aromatic N) is 2. The molecule has 0 unspecified atom stereocenters. The number of carbonyl (C=O) groups is 3. The van der Waals surface area contributed by atoms with Crippen molar-refractivity contribution in [2.75, 3.05) is 31.9 Å². The molecule has 0 aromatic heterocycles. The van der Waals surface area contributed by atoms with E-state index in [-0.39, 0.29) is 5.91 Å². The van der Waals surface area contributed by atoms with E-state index in [1.165, 1.54) is 11.8 Å². The van der Waals surface area contributed by atoms with Crippen LogP contribution >= 0.6 is 11.8 Å². The molecule has 0 atom stereocenters. The van der Waals surface area contributed by atoms with Gasteiger partial charge in [0.15, 0.2) is 0 Å². The third-order valence-electron chi connectivity index (χ3n) is 3.32. The summed E-state index contributed by atoms with van der Waals surface area (Å²) in [5.41, 5.74) is 5.63. The molecule has 1 aliphatic rings. The number of primary amides is 1. The Labute approximate surface area is 127 Å². The first-order valence-electron chi connectivity index (χ1n) is 6.60. The summed E-state index contributed by atoms with van der Waals surface area (Å²) in [4.78, 5) is 38.0. The summed E-state index contributed by atoms with van der Waals surface area (Å²) >= 11 is 1.42. The van der Waals surface area contributed by atoms with Gasteiger partial charge >= 0.3 is 0 Å². The van der Waals surface area contributed by atoms with Gasteiger partial charge in [0.2, 0.25) is 18.2 Å². The predicted octanol–water partition coefficient (Wildman–Crippen LogP) is 0.178. The van der Waals surface area contributed by atoms with Gasteiger partial charge in [0, 0.05) is 36.6 Å². The van der Waals surface area contributed by atoms with E-state index < -0.39 is 5.91 Å². The Morgan fingerprint density at radius 1 is 1.14 bits per heavy atom. The summed E-state index contributed by atoms with van der Waals surface area (Å²) in [5, 5.41) is 0. The lowest BCUT2D eigenvalue weighted by Crippen LogP contribution is -2.48. The van der Waals surface area contributed by atoms with E-state index in [0.29, 0.717) is 37.5 Å². The average molecular weight is 307 g/mol. The predicted molar refractivity (Wildman–Crippen MR) is 79.9 cm³/mol. The zero-order valence-corrected chi connectivity index (χ0v) is 12.3. The van der Waals surface area contributed by atoms with Crippen LogP contribution in [0.4, 0.5) is 0 Å². The van der Waals surface area contributed by atoms with Crippen LogP contribution in [0.2, 0.25) is 0 Å². The molecule has 1 aliphatic heterocycles. The zero-order valence-electron chi connectivity index (χ0n) is 11.5. The van der Waals surface area contributed by atoms with Gasteiger partial charge in [-0.2, -0.15) is 0 Å². The fraction of sp³-hybridized carbons (Fsp3) is 0.357. The monoisotopic (exact) mass is 307 g/mol. The molecule has 6 nitrogen and oxygen atoms in total. The van der Waals surface area contributed by atoms with Crippen LogP contribution in [0, 0.1) is 0 Å². The summed E-state index contributed by atoms with van der Waals surface area (Å²) in [6, 6.07) is 6.86. The van der Waals surface area contributed by atoms with Crippen molar-refractivity contribution in [3.63, 3.8) is 0 Å². The quantitative estimate of drug-likeness (QED) is 0.621. The van der Waals surface area contributed by atoms with Crippen LogP contribution in [0.5, 0.6) is 0 Å². The van der Waals surface area contributed by atoms with E-state index in [1.54, 1.807) is 34.1 Å². The number of amides is 3. The smallest absolute Gasteiger partial charge is 0.248 e. The second kappa shape index (κ2) is 7.12. The van der Waals surface area contributed by atoms with Gasteiger partial charge in [-0.15, -0.1) is 11.8 Å². The Bertz CT molecular complexity index is 525. The molecule has 1 saturated heterocycles. The number of hydrogen-bond acceptors (Lipinski definition) is 4. The van der Waals surface area contributed by atoms with Crippen LogP contribution in [-0.4, -0.2) is 60.0 Å². The van der Waals surface area contributed by atoms with Gasteiger partial charge in [-0.05, 0) is 24.3 Å². The number of rotatable bonds is 5. The van der Waals surface area contributed by atoms with E-state index in [9.17, 15) is 14.4 Å². The van der Waals surface area contributed by atoms with Crippen molar-refractivity contribution >= 4 is 30.0 Å². The molecular weight excluding hydrogens is 290 g/mol. The molecule has 1 heterocycles. The molecule has 1 fully saturated rings. The van der Waals surface area contributed by atoms with Crippen LogP contribution in [0.25, 0.3) is 0 Å². The fourth-order valence-corrected chi connectivity index (χ4v) is 2.83. The minimum atomic E-state index is -0.462. The van der Waals surface area contributed by atoms with Crippen molar-refractivity contribution in [2.24, 2.45) is 5.73 Å². The van der Waals surface area contributed by atoms with E-state index >= 15 is 0 Å². The van der Waals surface area contributed by atoms with Gasteiger partial charge < -0.3 is 15.5 Å². The van der Waals surface area contributed by atoms with Crippen molar-refractivity contribution in [1.82, 2.24) is 9.80 Å². The van der Waals surface area contributed by atoms with Crippen molar-refractivity contribution < 1.29 is 14.4 Å². The number of carbonyl (C=O) groups excluding carboxylic acids is 3. The molecule has 21 heavy (non-hydrogen) atoms. The molecule has 0 saturated carbocycles. The number of benzene rings is 1. The molecule has 2 N–H and O–H groups in total. The number of nitrogens with two attached hydrogens (primary N) is 1. The summed E-state index contributed by atoms with van der Waals surface area (Å²) in [5.74, 6) is -0.0583. The highest BCUT2D eigenvalue weighted by atomic mass is 32.2. The Morgan fingerprint density at radius 3 is 2.29 bits per heavy atom. The van der Waals surface area contributed by atoms with Crippen LogP contribution in [0.15, 0.2) is 29.2 Å². The summed E-state index contributed by atoms with van der Waals surface area (Å²) in [6.45, 7) is 2.35.